The molecule has 0 saturated heterocycles. The van der Waals surface area contributed by atoms with Crippen LogP contribution in [0.5, 0.6) is 11.8 Å². The Morgan fingerprint density at radius 3 is 1.45 bits per heavy atom. The van der Waals surface area contributed by atoms with Crippen molar-refractivity contribution in [2.24, 2.45) is 31.9 Å². The minimum atomic E-state index is -0.350. The Labute approximate surface area is 217 Å². The predicted octanol–water partition coefficient (Wildman–Crippen LogP) is 4.44. The molecule has 2 aromatic heterocycles. The third-order valence-corrected chi connectivity index (χ3v) is 4.53. The molecule has 2 aromatic carbocycles. The molecule has 1 radical (unpaired) electrons. The average Bonchev–Trinajstić information content (AvgIpc) is 3.19. The van der Waals surface area contributed by atoms with Crippen LogP contribution in [-0.4, -0.2) is 20.2 Å². The maximum Gasteiger partial charge on any atom is 2.00 e. The van der Waals surface area contributed by atoms with Crippen molar-refractivity contribution >= 4 is 91.0 Å². The first kappa shape index (κ1) is 26.5. The molecule has 0 amide bonds. The second-order valence-corrected chi connectivity index (χ2v) is 7.77. The number of H-pyrrole nitrogens is 2. The molecular weight excluding hydrogens is 559 g/mol. The molecule has 0 fully saturated rings. The van der Waals surface area contributed by atoms with E-state index in [2.05, 4.69) is 54.9 Å². The summed E-state index contributed by atoms with van der Waals surface area (Å²) < 4.78 is 0. The number of azo groups is 2. The monoisotopic (exact) mass is 569 g/mol. The van der Waals surface area contributed by atoms with Crippen LogP contribution in [0.3, 0.4) is 0 Å². The molecule has 0 aliphatic carbocycles. The number of nitrogens with two attached hydrogens (primary N) is 2. The van der Waals surface area contributed by atoms with Crippen molar-refractivity contribution in [3.8, 4) is 11.8 Å². The van der Waals surface area contributed by atoms with Crippen LogP contribution < -0.4 is 21.7 Å². The van der Waals surface area contributed by atoms with Gasteiger partial charge in [-0.3, -0.25) is 0 Å². The standard InChI is InChI=1S/2C9H7ClN4OS.Cu/c2*10-4-1-2-6-5(3-4)7(8(15)12-6)13-14-9(11)16;/h2*1-3,12,15H,(H2,11,16);/q;;+2/p-2. The first-order valence-electron chi connectivity index (χ1n) is 8.54. The molecule has 2 heterocycles. The van der Waals surface area contributed by atoms with Crippen LogP contribution in [0.15, 0.2) is 56.9 Å². The molecule has 15 heteroatoms. The van der Waals surface area contributed by atoms with Gasteiger partial charge < -0.3 is 31.6 Å². The summed E-state index contributed by atoms with van der Waals surface area (Å²) in [7, 11) is 0. The van der Waals surface area contributed by atoms with E-state index in [1.165, 1.54) is 0 Å². The zero-order valence-corrected chi connectivity index (χ0v) is 20.2. The fourth-order valence-electron chi connectivity index (χ4n) is 2.65. The van der Waals surface area contributed by atoms with E-state index < -0.39 is 0 Å². The van der Waals surface area contributed by atoms with Crippen LogP contribution in [0.4, 0.5) is 11.4 Å². The minimum absolute atomic E-state index is 0. The van der Waals surface area contributed by atoms with Gasteiger partial charge in [0.25, 0.3) is 0 Å². The Hall–Kier alpha value is -2.80. The van der Waals surface area contributed by atoms with Crippen LogP contribution in [0, 0.1) is 0 Å². The van der Waals surface area contributed by atoms with Gasteiger partial charge in [0.1, 0.15) is 11.4 Å². The summed E-state index contributed by atoms with van der Waals surface area (Å²) in [6.07, 6.45) is 0. The van der Waals surface area contributed by atoms with Crippen molar-refractivity contribution in [2.45, 2.75) is 0 Å². The maximum atomic E-state index is 11.5. The van der Waals surface area contributed by atoms with Gasteiger partial charge in [-0.1, -0.05) is 23.2 Å². The van der Waals surface area contributed by atoms with E-state index in [1.54, 1.807) is 36.4 Å². The van der Waals surface area contributed by atoms with E-state index >= 15 is 0 Å². The molecule has 4 aromatic rings. The first-order chi connectivity index (χ1) is 15.2. The second-order valence-electron chi connectivity index (χ2n) is 6.06. The van der Waals surface area contributed by atoms with Gasteiger partial charge in [-0.05, 0) is 72.6 Å². The number of benzene rings is 2. The average molecular weight is 571 g/mol. The summed E-state index contributed by atoms with van der Waals surface area (Å²) in [5.74, 6) is -0.700. The number of rotatable bonds is 2. The van der Waals surface area contributed by atoms with Crippen LogP contribution in [-0.2, 0) is 17.1 Å². The summed E-state index contributed by atoms with van der Waals surface area (Å²) in [6, 6.07) is 9.99. The number of nitrogens with one attached hydrogen (secondary N) is 2. The molecule has 6 N–H and O–H groups in total. The molecule has 10 nitrogen and oxygen atoms in total. The molecule has 33 heavy (non-hydrogen) atoms. The van der Waals surface area contributed by atoms with Gasteiger partial charge in [0.2, 0.25) is 10.2 Å². The predicted molar refractivity (Wildman–Crippen MR) is 128 cm³/mol. The summed E-state index contributed by atoms with van der Waals surface area (Å²) in [4.78, 5) is 5.25. The smallest absolute Gasteiger partial charge is 0.859 e. The topological polar surface area (TPSA) is 179 Å². The zero-order chi connectivity index (χ0) is 23.4. The van der Waals surface area contributed by atoms with Crippen molar-refractivity contribution in [1.29, 1.82) is 0 Å². The quantitative estimate of drug-likeness (QED) is 0.157. The van der Waals surface area contributed by atoms with Crippen molar-refractivity contribution in [2.75, 3.05) is 0 Å². The van der Waals surface area contributed by atoms with Crippen LogP contribution in [0.25, 0.3) is 21.8 Å². The molecule has 0 bridgehead atoms. The third-order valence-electron chi connectivity index (χ3n) is 3.90. The third kappa shape index (κ3) is 6.60. The van der Waals surface area contributed by atoms with Crippen molar-refractivity contribution in [3.63, 3.8) is 0 Å². The summed E-state index contributed by atoms with van der Waals surface area (Å²) in [5.41, 5.74) is 11.9. The van der Waals surface area contributed by atoms with Crippen molar-refractivity contribution in [3.05, 3.63) is 46.4 Å². The van der Waals surface area contributed by atoms with Gasteiger partial charge in [0, 0.05) is 31.9 Å². The fraction of sp³-hybridized carbons (Fsp3) is 0. The Bertz CT molecular complexity index is 1300. The van der Waals surface area contributed by atoms with E-state index in [0.717, 1.165) is 0 Å². The Morgan fingerprint density at radius 2 is 1.12 bits per heavy atom. The molecule has 0 unspecified atom stereocenters. The van der Waals surface area contributed by atoms with E-state index in [-0.39, 0.29) is 50.4 Å². The number of aromatic nitrogens is 2. The van der Waals surface area contributed by atoms with Gasteiger partial charge in [-0.15, -0.1) is 20.5 Å². The molecular formula is C18H12Cl2CuN8O2S2. The molecule has 173 valence electrons. The largest absolute Gasteiger partial charge is 2.00 e. The van der Waals surface area contributed by atoms with Crippen LogP contribution >= 0.6 is 47.6 Å². The maximum absolute atomic E-state index is 11.5. The van der Waals surface area contributed by atoms with Gasteiger partial charge in [0.05, 0.1) is 0 Å². The molecule has 4 rings (SSSR count). The number of hydrogen-bond acceptors (Lipinski definition) is 6. The normalized spacial score (nSPS) is 11.0. The Balaban J connectivity index is 0.000000227. The van der Waals surface area contributed by atoms with Gasteiger partial charge in [0.15, 0.2) is 0 Å². The van der Waals surface area contributed by atoms with E-state index in [4.69, 9.17) is 34.7 Å². The molecule has 0 aliphatic heterocycles. The number of hydrogen-bond donors (Lipinski definition) is 4. The number of aromatic amines is 2. The molecule has 0 spiro atoms. The van der Waals surface area contributed by atoms with Gasteiger partial charge >= 0.3 is 17.1 Å². The van der Waals surface area contributed by atoms with E-state index in [0.29, 0.717) is 31.9 Å². The summed E-state index contributed by atoms with van der Waals surface area (Å²) in [5, 5.41) is 39.3. The number of fused-ring (bicyclic) bond motifs is 2. The number of halogens is 2. The molecule has 0 aliphatic rings. The van der Waals surface area contributed by atoms with Crippen LogP contribution in [0.1, 0.15) is 0 Å². The Morgan fingerprint density at radius 1 is 0.758 bits per heavy atom. The second kappa shape index (κ2) is 11.4. The van der Waals surface area contributed by atoms with E-state index in [1.807, 2.05) is 0 Å². The van der Waals surface area contributed by atoms with Crippen molar-refractivity contribution in [1.82, 2.24) is 9.97 Å². The Kier molecular flexibility index (Phi) is 9.11. The zero-order valence-electron chi connectivity index (χ0n) is 16.1. The SMILES string of the molecule is NC(=S)N=Nc1c([O-])[nH]c2ccc(Cl)cc12.NC(=S)N=Nc1c([O-])[nH]c2ccc(Cl)cc12.[Cu+2]. The fourth-order valence-corrected chi connectivity index (χ4v) is 3.07. The van der Waals surface area contributed by atoms with E-state index in [9.17, 15) is 10.2 Å². The van der Waals surface area contributed by atoms with Gasteiger partial charge in [-0.25, -0.2) is 0 Å². The summed E-state index contributed by atoms with van der Waals surface area (Å²) in [6.45, 7) is 0. The van der Waals surface area contributed by atoms with Gasteiger partial charge in [-0.2, -0.15) is 0 Å². The first-order valence-corrected chi connectivity index (χ1v) is 10.1. The molecule has 0 atom stereocenters. The van der Waals surface area contributed by atoms with Crippen molar-refractivity contribution < 1.29 is 27.3 Å². The molecule has 0 saturated carbocycles. The summed E-state index contributed by atoms with van der Waals surface area (Å²) >= 11 is 20.7. The van der Waals surface area contributed by atoms with Crippen LogP contribution in [0.2, 0.25) is 10.0 Å². The number of thiocarbonyl (C=S) groups is 2. The minimum Gasteiger partial charge on any atom is -0.859 e. The number of nitrogens with zero attached hydrogens (tertiary/aromatic N) is 4.